The molecule has 0 bridgehead atoms. The Bertz CT molecular complexity index is 553. The fourth-order valence-corrected chi connectivity index (χ4v) is 4.57. The van der Waals surface area contributed by atoms with Crippen molar-refractivity contribution in [1.29, 1.82) is 0 Å². The molecule has 20 heavy (non-hydrogen) atoms. The summed E-state index contributed by atoms with van der Waals surface area (Å²) in [6, 6.07) is 7.27. The van der Waals surface area contributed by atoms with Gasteiger partial charge >= 0.3 is 0 Å². The Kier molecular flexibility index (Phi) is 4.73. The normalized spacial score (nSPS) is 13.7. The van der Waals surface area contributed by atoms with Gasteiger partial charge in [-0.25, -0.2) is 0 Å². The first-order valence-corrected chi connectivity index (χ1v) is 8.86. The van der Waals surface area contributed by atoms with E-state index in [-0.39, 0.29) is 5.41 Å². The maximum Gasteiger partial charge on any atom is 0.0765 e. The Balaban J connectivity index is 2.36. The molecule has 0 radical (unpaired) electrons. The lowest BCUT2D eigenvalue weighted by atomic mass is 9.95. The van der Waals surface area contributed by atoms with Gasteiger partial charge in [-0.1, -0.05) is 27.7 Å². The van der Waals surface area contributed by atoms with Crippen molar-refractivity contribution in [3.05, 3.63) is 43.3 Å². The Morgan fingerprint density at radius 2 is 1.80 bits per heavy atom. The first kappa shape index (κ1) is 15.7. The monoisotopic (exact) mass is 307 g/mol. The predicted molar refractivity (Wildman–Crippen MR) is 92.3 cm³/mol. The van der Waals surface area contributed by atoms with Crippen LogP contribution in [0.25, 0.3) is 0 Å². The van der Waals surface area contributed by atoms with E-state index in [9.17, 15) is 0 Å². The zero-order valence-corrected chi connectivity index (χ0v) is 15.0. The van der Waals surface area contributed by atoms with Crippen LogP contribution in [-0.4, -0.2) is 6.54 Å². The van der Waals surface area contributed by atoms with Gasteiger partial charge in [-0.3, -0.25) is 0 Å². The van der Waals surface area contributed by atoms with E-state index in [1.807, 2.05) is 22.7 Å². The Labute approximate surface area is 131 Å². The fraction of sp³-hybridized carbons (Fsp3) is 0.529. The van der Waals surface area contributed by atoms with Crippen molar-refractivity contribution in [2.75, 3.05) is 6.54 Å². The highest BCUT2D eigenvalue weighted by Gasteiger charge is 2.21. The van der Waals surface area contributed by atoms with Crippen LogP contribution in [0.15, 0.2) is 18.2 Å². The molecule has 110 valence electrons. The molecule has 1 N–H and O–H groups in total. The van der Waals surface area contributed by atoms with Crippen LogP contribution in [0.3, 0.4) is 0 Å². The number of thiophene rings is 2. The molecule has 0 amide bonds. The molecule has 0 spiro atoms. The van der Waals surface area contributed by atoms with Crippen LogP contribution in [0.5, 0.6) is 0 Å². The first-order chi connectivity index (χ1) is 9.32. The largest absolute Gasteiger partial charge is 0.305 e. The van der Waals surface area contributed by atoms with Gasteiger partial charge in [-0.2, -0.15) is 0 Å². The first-order valence-electron chi connectivity index (χ1n) is 7.23. The second-order valence-electron chi connectivity index (χ2n) is 6.33. The highest BCUT2D eigenvalue weighted by Crippen LogP contribution is 2.37. The fourth-order valence-electron chi connectivity index (χ4n) is 2.20. The van der Waals surface area contributed by atoms with E-state index < -0.39 is 0 Å². The standard InChI is InChI=1S/C17H25NS2/c1-7-18-16(14-10-11(2)12(3)19-14)13-8-9-15(20-13)17(4,5)6/h8-10,16,18H,7H2,1-6H3. The van der Waals surface area contributed by atoms with Gasteiger partial charge in [0.2, 0.25) is 0 Å². The molecule has 1 unspecified atom stereocenters. The molecule has 0 saturated heterocycles. The third kappa shape index (κ3) is 3.33. The van der Waals surface area contributed by atoms with E-state index in [1.54, 1.807) is 0 Å². The Morgan fingerprint density at radius 3 is 2.25 bits per heavy atom. The lowest BCUT2D eigenvalue weighted by Crippen LogP contribution is -2.20. The molecule has 2 aromatic rings. The zero-order chi connectivity index (χ0) is 14.9. The van der Waals surface area contributed by atoms with E-state index >= 15 is 0 Å². The second-order valence-corrected chi connectivity index (χ2v) is 8.73. The number of nitrogens with one attached hydrogen (secondary N) is 1. The quantitative estimate of drug-likeness (QED) is 0.795. The van der Waals surface area contributed by atoms with E-state index in [1.165, 1.54) is 25.1 Å². The molecule has 0 aliphatic carbocycles. The maximum absolute atomic E-state index is 3.64. The maximum atomic E-state index is 3.64. The molecule has 1 nitrogen and oxygen atoms in total. The highest BCUT2D eigenvalue weighted by molar-refractivity contribution is 7.13. The molecule has 0 fully saturated rings. The van der Waals surface area contributed by atoms with Crippen molar-refractivity contribution in [2.24, 2.45) is 0 Å². The molecule has 0 aliphatic rings. The number of hydrogen-bond acceptors (Lipinski definition) is 3. The van der Waals surface area contributed by atoms with Crippen molar-refractivity contribution in [2.45, 2.75) is 53.0 Å². The summed E-state index contributed by atoms with van der Waals surface area (Å²) >= 11 is 3.86. The van der Waals surface area contributed by atoms with Crippen molar-refractivity contribution < 1.29 is 0 Å². The van der Waals surface area contributed by atoms with Gasteiger partial charge in [0.15, 0.2) is 0 Å². The number of rotatable bonds is 4. The summed E-state index contributed by atoms with van der Waals surface area (Å²) in [5.41, 5.74) is 1.64. The molecular weight excluding hydrogens is 282 g/mol. The summed E-state index contributed by atoms with van der Waals surface area (Å²) in [6.07, 6.45) is 0. The zero-order valence-electron chi connectivity index (χ0n) is 13.3. The van der Waals surface area contributed by atoms with Gasteiger partial charge in [0.25, 0.3) is 0 Å². The minimum Gasteiger partial charge on any atom is -0.305 e. The molecule has 2 heterocycles. The van der Waals surface area contributed by atoms with Crippen LogP contribution in [0, 0.1) is 13.8 Å². The highest BCUT2D eigenvalue weighted by atomic mass is 32.1. The summed E-state index contributed by atoms with van der Waals surface area (Å²) < 4.78 is 0. The van der Waals surface area contributed by atoms with Gasteiger partial charge in [0.05, 0.1) is 6.04 Å². The van der Waals surface area contributed by atoms with Crippen LogP contribution in [0.2, 0.25) is 0 Å². The van der Waals surface area contributed by atoms with Crippen molar-refractivity contribution in [3.63, 3.8) is 0 Å². The summed E-state index contributed by atoms with van der Waals surface area (Å²) in [4.78, 5) is 5.75. The summed E-state index contributed by atoms with van der Waals surface area (Å²) in [5, 5.41) is 3.64. The molecule has 0 saturated carbocycles. The summed E-state index contributed by atoms with van der Waals surface area (Å²) in [6.45, 7) is 14.4. The Hall–Kier alpha value is -0.640. The minimum atomic E-state index is 0.237. The van der Waals surface area contributed by atoms with Crippen molar-refractivity contribution in [3.8, 4) is 0 Å². The minimum absolute atomic E-state index is 0.237. The average Bonchev–Trinajstić information content (AvgIpc) is 2.94. The molecule has 0 aromatic carbocycles. The van der Waals surface area contributed by atoms with E-state index in [2.05, 4.69) is 65.1 Å². The van der Waals surface area contributed by atoms with Gasteiger partial charge in [-0.05, 0) is 49.6 Å². The molecule has 2 rings (SSSR count). The summed E-state index contributed by atoms with van der Waals surface area (Å²) in [7, 11) is 0. The number of hydrogen-bond donors (Lipinski definition) is 1. The predicted octanol–water partition coefficient (Wildman–Crippen LogP) is 5.42. The Morgan fingerprint density at radius 1 is 1.10 bits per heavy atom. The van der Waals surface area contributed by atoms with Gasteiger partial charge in [-0.15, -0.1) is 22.7 Å². The van der Waals surface area contributed by atoms with E-state index in [0.717, 1.165) is 6.54 Å². The van der Waals surface area contributed by atoms with Crippen LogP contribution in [0.4, 0.5) is 0 Å². The topological polar surface area (TPSA) is 12.0 Å². The average molecular weight is 308 g/mol. The van der Waals surface area contributed by atoms with Gasteiger partial charge < -0.3 is 5.32 Å². The van der Waals surface area contributed by atoms with Crippen molar-refractivity contribution in [1.82, 2.24) is 5.32 Å². The van der Waals surface area contributed by atoms with Crippen LogP contribution in [-0.2, 0) is 5.41 Å². The van der Waals surface area contributed by atoms with Gasteiger partial charge in [0, 0.05) is 19.5 Å². The third-order valence-electron chi connectivity index (χ3n) is 3.53. The molecular formula is C17H25NS2. The van der Waals surface area contributed by atoms with Gasteiger partial charge in [0.1, 0.15) is 0 Å². The number of aryl methyl sites for hydroxylation is 2. The van der Waals surface area contributed by atoms with Crippen LogP contribution < -0.4 is 5.32 Å². The second kappa shape index (κ2) is 6.00. The third-order valence-corrected chi connectivity index (χ3v) is 6.32. The van der Waals surface area contributed by atoms with E-state index in [0.29, 0.717) is 6.04 Å². The van der Waals surface area contributed by atoms with Crippen LogP contribution in [0.1, 0.15) is 58.8 Å². The van der Waals surface area contributed by atoms with E-state index in [4.69, 9.17) is 0 Å². The lowest BCUT2D eigenvalue weighted by molar-refractivity contribution is 0.604. The lowest BCUT2D eigenvalue weighted by Gasteiger charge is -2.17. The van der Waals surface area contributed by atoms with Crippen molar-refractivity contribution >= 4 is 22.7 Å². The molecule has 0 aliphatic heterocycles. The molecule has 3 heteroatoms. The molecule has 2 aromatic heterocycles. The molecule has 1 atom stereocenters. The van der Waals surface area contributed by atoms with Crippen LogP contribution >= 0.6 is 22.7 Å². The smallest absolute Gasteiger partial charge is 0.0765 e. The SMILES string of the molecule is CCNC(c1ccc(C(C)(C)C)s1)c1cc(C)c(C)s1. The summed E-state index contributed by atoms with van der Waals surface area (Å²) in [5.74, 6) is 0.